The quantitative estimate of drug-likeness (QED) is 0.184. The second-order valence-corrected chi connectivity index (χ2v) is 14.2. The van der Waals surface area contributed by atoms with Crippen molar-refractivity contribution in [3.8, 4) is 33.4 Å². The predicted molar refractivity (Wildman–Crippen MR) is 214 cm³/mol. The highest BCUT2D eigenvalue weighted by molar-refractivity contribution is 6.17. The molecule has 0 amide bonds. The lowest BCUT2D eigenvalue weighted by molar-refractivity contribution is 0.660. The highest BCUT2D eigenvalue weighted by atomic mass is 16.3. The number of hydrogen-bond donors (Lipinski definition) is 0. The zero-order chi connectivity index (χ0) is 34.1. The zero-order valence-corrected chi connectivity index (χ0v) is 28.6. The summed E-state index contributed by atoms with van der Waals surface area (Å²) in [6.45, 7) is 4.67. The summed E-state index contributed by atoms with van der Waals surface area (Å²) in [6.07, 6.45) is 0. The molecule has 0 bridgehead atoms. The molecule has 8 aromatic carbocycles. The summed E-state index contributed by atoms with van der Waals surface area (Å²) in [5.74, 6) is 0. The van der Waals surface area contributed by atoms with E-state index in [2.05, 4.69) is 195 Å². The van der Waals surface area contributed by atoms with Gasteiger partial charge in [-0.2, -0.15) is 0 Å². The topological polar surface area (TPSA) is 16.4 Å². The maximum atomic E-state index is 6.91. The van der Waals surface area contributed by atoms with E-state index in [4.69, 9.17) is 4.42 Å². The Morgan fingerprint density at radius 1 is 0.412 bits per heavy atom. The highest BCUT2D eigenvalue weighted by Crippen LogP contribution is 2.50. The van der Waals surface area contributed by atoms with Crippen molar-refractivity contribution in [3.63, 3.8) is 0 Å². The fourth-order valence-corrected chi connectivity index (χ4v) is 8.29. The molecule has 0 N–H and O–H groups in total. The second kappa shape index (κ2) is 11.3. The number of nitrogens with zero attached hydrogens (tertiary/aromatic N) is 1. The van der Waals surface area contributed by atoms with Gasteiger partial charge in [-0.25, -0.2) is 0 Å². The number of rotatable bonds is 5. The van der Waals surface area contributed by atoms with Crippen molar-refractivity contribution >= 4 is 49.8 Å². The van der Waals surface area contributed by atoms with E-state index in [1.54, 1.807) is 0 Å². The standard InChI is InChI=1S/C49H35NO/c1-49(2)44-23-9-8-21-40(44)43-31-36(26-28-45(43)49)35-17-11-19-38(30-35)50(37-18-10-16-34(29-37)32-13-4-3-5-14-32)46-24-12-22-41-42-27-25-33-15-6-7-20-39(33)47(42)51-48(41)46/h3-31H,1-2H3. The maximum Gasteiger partial charge on any atom is 0.159 e. The van der Waals surface area contributed by atoms with Crippen molar-refractivity contribution in [2.75, 3.05) is 4.90 Å². The minimum absolute atomic E-state index is 0.0243. The van der Waals surface area contributed by atoms with E-state index in [0.29, 0.717) is 0 Å². The van der Waals surface area contributed by atoms with Gasteiger partial charge in [0.15, 0.2) is 5.58 Å². The van der Waals surface area contributed by atoms with Crippen molar-refractivity contribution in [1.29, 1.82) is 0 Å². The first-order chi connectivity index (χ1) is 25.0. The molecule has 0 fully saturated rings. The Morgan fingerprint density at radius 3 is 1.84 bits per heavy atom. The smallest absolute Gasteiger partial charge is 0.159 e. The lowest BCUT2D eigenvalue weighted by Gasteiger charge is -2.26. The molecule has 242 valence electrons. The molecule has 2 heteroatoms. The van der Waals surface area contributed by atoms with Crippen LogP contribution in [0.5, 0.6) is 0 Å². The molecule has 2 nitrogen and oxygen atoms in total. The molecule has 0 saturated heterocycles. The van der Waals surface area contributed by atoms with E-state index in [1.807, 2.05) is 0 Å². The van der Waals surface area contributed by atoms with Gasteiger partial charge in [-0.05, 0) is 92.4 Å². The van der Waals surface area contributed by atoms with Crippen LogP contribution in [0.15, 0.2) is 180 Å². The van der Waals surface area contributed by atoms with Crippen molar-refractivity contribution < 1.29 is 4.42 Å². The third-order valence-electron chi connectivity index (χ3n) is 10.8. The van der Waals surface area contributed by atoms with Gasteiger partial charge in [0.25, 0.3) is 0 Å². The third kappa shape index (κ3) is 4.64. The van der Waals surface area contributed by atoms with Crippen molar-refractivity contribution in [3.05, 3.63) is 187 Å². The molecular weight excluding hydrogens is 619 g/mol. The minimum atomic E-state index is -0.0243. The van der Waals surface area contributed by atoms with E-state index < -0.39 is 0 Å². The van der Waals surface area contributed by atoms with Gasteiger partial charge in [-0.15, -0.1) is 0 Å². The fraction of sp³-hybridized carbons (Fsp3) is 0.0612. The second-order valence-electron chi connectivity index (χ2n) is 14.2. The summed E-state index contributed by atoms with van der Waals surface area (Å²) in [5.41, 5.74) is 15.0. The van der Waals surface area contributed by atoms with E-state index in [0.717, 1.165) is 50.0 Å². The average molecular weight is 654 g/mol. The normalized spacial score (nSPS) is 13.1. The summed E-state index contributed by atoms with van der Waals surface area (Å²) in [4.78, 5) is 2.36. The number of furan rings is 1. The monoisotopic (exact) mass is 653 g/mol. The Labute approximate surface area is 297 Å². The number of para-hydroxylation sites is 1. The summed E-state index contributed by atoms with van der Waals surface area (Å²) in [5, 5.41) is 4.52. The van der Waals surface area contributed by atoms with E-state index >= 15 is 0 Å². The lowest BCUT2D eigenvalue weighted by atomic mass is 9.82. The fourth-order valence-electron chi connectivity index (χ4n) is 8.29. The van der Waals surface area contributed by atoms with Gasteiger partial charge in [0.2, 0.25) is 0 Å². The molecule has 0 saturated carbocycles. The summed E-state index contributed by atoms with van der Waals surface area (Å²) >= 11 is 0. The highest BCUT2D eigenvalue weighted by Gasteiger charge is 2.35. The van der Waals surface area contributed by atoms with Crippen LogP contribution in [0.4, 0.5) is 17.1 Å². The SMILES string of the molecule is CC1(C)c2ccccc2-c2cc(-c3cccc(N(c4cccc(-c5ccccc5)c4)c4cccc5c4oc4c6ccccc6ccc54)c3)ccc21. The number of hydrogen-bond acceptors (Lipinski definition) is 2. The van der Waals surface area contributed by atoms with Crippen LogP contribution in [0.3, 0.4) is 0 Å². The van der Waals surface area contributed by atoms with E-state index in [-0.39, 0.29) is 5.41 Å². The van der Waals surface area contributed by atoms with Gasteiger partial charge in [-0.3, -0.25) is 0 Å². The minimum Gasteiger partial charge on any atom is -0.453 e. The Morgan fingerprint density at radius 2 is 1.02 bits per heavy atom. The van der Waals surface area contributed by atoms with E-state index in [9.17, 15) is 0 Å². The molecule has 0 spiro atoms. The van der Waals surface area contributed by atoms with Gasteiger partial charge in [0, 0.05) is 32.9 Å². The van der Waals surface area contributed by atoms with Crippen molar-refractivity contribution in [2.45, 2.75) is 19.3 Å². The molecule has 51 heavy (non-hydrogen) atoms. The molecular formula is C49H35NO. The molecule has 0 radical (unpaired) electrons. The lowest BCUT2D eigenvalue weighted by Crippen LogP contribution is -2.14. The molecule has 0 aliphatic heterocycles. The third-order valence-corrected chi connectivity index (χ3v) is 10.8. The molecule has 9 aromatic rings. The maximum absolute atomic E-state index is 6.91. The number of anilines is 3. The molecule has 0 atom stereocenters. The van der Waals surface area contributed by atoms with Crippen LogP contribution < -0.4 is 4.90 Å². The Kier molecular flexibility index (Phi) is 6.56. The zero-order valence-electron chi connectivity index (χ0n) is 28.6. The van der Waals surface area contributed by atoms with Crippen LogP contribution in [0.25, 0.3) is 66.1 Å². The van der Waals surface area contributed by atoms with E-state index in [1.165, 1.54) is 44.3 Å². The Hall–Kier alpha value is -6.38. The summed E-state index contributed by atoms with van der Waals surface area (Å²) in [7, 11) is 0. The van der Waals surface area contributed by atoms with Gasteiger partial charge < -0.3 is 9.32 Å². The predicted octanol–water partition coefficient (Wildman–Crippen LogP) is 13.8. The molecule has 1 aliphatic rings. The largest absolute Gasteiger partial charge is 0.453 e. The molecule has 1 aliphatic carbocycles. The van der Waals surface area contributed by atoms with Crippen molar-refractivity contribution in [1.82, 2.24) is 0 Å². The van der Waals surface area contributed by atoms with Crippen LogP contribution in [-0.4, -0.2) is 0 Å². The van der Waals surface area contributed by atoms with Crippen LogP contribution in [0.1, 0.15) is 25.0 Å². The van der Waals surface area contributed by atoms with Crippen LogP contribution >= 0.6 is 0 Å². The summed E-state index contributed by atoms with van der Waals surface area (Å²) in [6, 6.07) is 63.6. The number of benzene rings is 8. The van der Waals surface area contributed by atoms with Gasteiger partial charge in [0.1, 0.15) is 5.58 Å². The van der Waals surface area contributed by atoms with Crippen LogP contribution in [-0.2, 0) is 5.41 Å². The molecule has 10 rings (SSSR count). The first-order valence-electron chi connectivity index (χ1n) is 17.7. The average Bonchev–Trinajstić information content (AvgIpc) is 3.68. The van der Waals surface area contributed by atoms with Gasteiger partial charge in [0.05, 0.1) is 5.69 Å². The van der Waals surface area contributed by atoms with Crippen molar-refractivity contribution in [2.24, 2.45) is 0 Å². The van der Waals surface area contributed by atoms with Crippen LogP contribution in [0.2, 0.25) is 0 Å². The first-order valence-corrected chi connectivity index (χ1v) is 17.7. The van der Waals surface area contributed by atoms with Gasteiger partial charge in [-0.1, -0.05) is 147 Å². The number of fused-ring (bicyclic) bond motifs is 8. The molecule has 1 aromatic heterocycles. The Bertz CT molecular complexity index is 2790. The van der Waals surface area contributed by atoms with Crippen LogP contribution in [0, 0.1) is 0 Å². The molecule has 0 unspecified atom stereocenters. The van der Waals surface area contributed by atoms with Gasteiger partial charge >= 0.3 is 0 Å². The summed E-state index contributed by atoms with van der Waals surface area (Å²) < 4.78 is 6.91. The molecule has 1 heterocycles. The first kappa shape index (κ1) is 29.5. The Balaban J connectivity index is 1.18.